The number of rotatable bonds is 3. The first-order valence-electron chi connectivity index (χ1n) is 3.73. The van der Waals surface area contributed by atoms with Crippen LogP contribution in [0, 0.1) is 10.1 Å². The molecule has 0 fully saturated rings. The highest BCUT2D eigenvalue weighted by Crippen LogP contribution is 2.20. The molecule has 1 aromatic carbocycles. The Morgan fingerprint density at radius 3 is 2.69 bits per heavy atom. The number of nitrogens with two attached hydrogens (primary N) is 1. The van der Waals surface area contributed by atoms with E-state index in [2.05, 4.69) is 0 Å². The van der Waals surface area contributed by atoms with Crippen LogP contribution in [0.25, 0.3) is 0 Å². The van der Waals surface area contributed by atoms with Gasteiger partial charge in [0.15, 0.2) is 0 Å². The summed E-state index contributed by atoms with van der Waals surface area (Å²) in [6.45, 7) is -0.302. The smallest absolute Gasteiger partial charge is 0.222 e. The van der Waals surface area contributed by atoms with E-state index in [1.54, 1.807) is 24.3 Å². The largest absolute Gasteiger partial charge is 0.319 e. The Kier molecular flexibility index (Phi) is 3.22. The average molecular weight is 201 g/mol. The van der Waals surface area contributed by atoms with Crippen LogP contribution in [0.3, 0.4) is 0 Å². The minimum Gasteiger partial charge on any atom is -0.319 e. The van der Waals surface area contributed by atoms with Crippen LogP contribution in [0.4, 0.5) is 0 Å². The number of nitrogens with zero attached hydrogens (tertiary/aromatic N) is 1. The first-order valence-corrected chi connectivity index (χ1v) is 4.11. The fourth-order valence-corrected chi connectivity index (χ4v) is 1.31. The first-order chi connectivity index (χ1) is 6.11. The highest BCUT2D eigenvalue weighted by molar-refractivity contribution is 6.31. The summed E-state index contributed by atoms with van der Waals surface area (Å²) in [6, 6.07) is 6.22. The molecule has 1 rings (SSSR count). The van der Waals surface area contributed by atoms with Gasteiger partial charge in [0, 0.05) is 9.95 Å². The summed E-state index contributed by atoms with van der Waals surface area (Å²) >= 11 is 5.80. The lowest BCUT2D eigenvalue weighted by Crippen LogP contribution is -2.20. The molecule has 0 aliphatic rings. The molecule has 1 atom stereocenters. The minimum atomic E-state index is -0.635. The number of halogens is 1. The van der Waals surface area contributed by atoms with Gasteiger partial charge in [0.1, 0.15) is 0 Å². The molecule has 70 valence electrons. The van der Waals surface area contributed by atoms with Crippen LogP contribution >= 0.6 is 11.6 Å². The van der Waals surface area contributed by atoms with E-state index in [1.165, 1.54) is 0 Å². The number of hydrogen-bond acceptors (Lipinski definition) is 3. The normalized spacial score (nSPS) is 12.5. The fraction of sp³-hybridized carbons (Fsp3) is 0.250. The van der Waals surface area contributed by atoms with E-state index in [4.69, 9.17) is 17.3 Å². The van der Waals surface area contributed by atoms with E-state index in [0.717, 1.165) is 0 Å². The number of hydrogen-bond donors (Lipinski definition) is 1. The molecule has 0 aromatic heterocycles. The predicted molar refractivity (Wildman–Crippen MR) is 50.2 cm³/mol. The Morgan fingerprint density at radius 1 is 1.54 bits per heavy atom. The van der Waals surface area contributed by atoms with Crippen molar-refractivity contribution in [2.75, 3.05) is 6.54 Å². The molecule has 2 N–H and O–H groups in total. The lowest BCUT2D eigenvalue weighted by atomic mass is 10.1. The van der Waals surface area contributed by atoms with Crippen molar-refractivity contribution in [2.24, 2.45) is 5.73 Å². The quantitative estimate of drug-likeness (QED) is 0.596. The summed E-state index contributed by atoms with van der Waals surface area (Å²) in [4.78, 5) is 9.73. The van der Waals surface area contributed by atoms with Crippen molar-refractivity contribution in [3.63, 3.8) is 0 Å². The van der Waals surface area contributed by atoms with Gasteiger partial charge in [-0.1, -0.05) is 29.8 Å². The van der Waals surface area contributed by atoms with Crippen molar-refractivity contribution in [3.8, 4) is 0 Å². The molecule has 0 aliphatic heterocycles. The molecule has 13 heavy (non-hydrogen) atoms. The third-order valence-electron chi connectivity index (χ3n) is 1.65. The molecule has 0 aliphatic carbocycles. The topological polar surface area (TPSA) is 69.2 Å². The highest BCUT2D eigenvalue weighted by Gasteiger charge is 2.14. The van der Waals surface area contributed by atoms with Crippen LogP contribution in [0.15, 0.2) is 24.3 Å². The molecule has 0 heterocycles. The highest BCUT2D eigenvalue weighted by atomic mass is 35.5. The Hall–Kier alpha value is -1.13. The van der Waals surface area contributed by atoms with E-state index in [-0.39, 0.29) is 6.54 Å². The minimum absolute atomic E-state index is 0.302. The molecular formula is C8H9ClN2O2. The molecule has 5 heteroatoms. The summed E-state index contributed by atoms with van der Waals surface area (Å²) in [5.41, 5.74) is 6.18. The maximum absolute atomic E-state index is 10.2. The maximum atomic E-state index is 10.2. The van der Waals surface area contributed by atoms with Crippen molar-refractivity contribution in [2.45, 2.75) is 6.04 Å². The first kappa shape index (κ1) is 9.95. The maximum Gasteiger partial charge on any atom is 0.222 e. The van der Waals surface area contributed by atoms with Crippen molar-refractivity contribution in [1.82, 2.24) is 0 Å². The van der Waals surface area contributed by atoms with Crippen LogP contribution in [0.2, 0.25) is 5.02 Å². The van der Waals surface area contributed by atoms with E-state index >= 15 is 0 Å². The second-order valence-electron chi connectivity index (χ2n) is 2.64. The summed E-state index contributed by atoms with van der Waals surface area (Å²) in [6.07, 6.45) is 0. The zero-order valence-electron chi connectivity index (χ0n) is 6.81. The molecule has 4 nitrogen and oxygen atoms in total. The zero-order valence-corrected chi connectivity index (χ0v) is 7.57. The van der Waals surface area contributed by atoms with Gasteiger partial charge >= 0.3 is 0 Å². The second kappa shape index (κ2) is 4.20. The summed E-state index contributed by atoms with van der Waals surface area (Å²) in [5, 5.41) is 10.6. The van der Waals surface area contributed by atoms with Gasteiger partial charge in [0.05, 0.1) is 6.04 Å². The predicted octanol–water partition coefficient (Wildman–Crippen LogP) is 1.62. The molecule has 0 saturated carbocycles. The Bertz CT molecular complexity index is 317. The third-order valence-corrected chi connectivity index (χ3v) is 1.99. The van der Waals surface area contributed by atoms with Gasteiger partial charge in [0.25, 0.3) is 0 Å². The SMILES string of the molecule is N[C@@H](C[N+](=O)[O-])c1ccccc1Cl. The van der Waals surface area contributed by atoms with Gasteiger partial charge < -0.3 is 5.73 Å². The number of nitro groups is 1. The zero-order chi connectivity index (χ0) is 9.84. The lowest BCUT2D eigenvalue weighted by Gasteiger charge is -2.08. The molecule has 0 radical (unpaired) electrons. The van der Waals surface area contributed by atoms with Gasteiger partial charge in [-0.2, -0.15) is 0 Å². The van der Waals surface area contributed by atoms with Gasteiger partial charge in [-0.15, -0.1) is 0 Å². The van der Waals surface area contributed by atoms with Gasteiger partial charge in [-0.3, -0.25) is 10.1 Å². The molecule has 0 spiro atoms. The van der Waals surface area contributed by atoms with Gasteiger partial charge in [-0.05, 0) is 11.6 Å². The van der Waals surface area contributed by atoms with Crippen molar-refractivity contribution < 1.29 is 4.92 Å². The van der Waals surface area contributed by atoms with E-state index in [0.29, 0.717) is 10.6 Å². The molecule has 0 bridgehead atoms. The summed E-state index contributed by atoms with van der Waals surface area (Å²) < 4.78 is 0. The van der Waals surface area contributed by atoms with Crippen molar-refractivity contribution in [1.29, 1.82) is 0 Å². The van der Waals surface area contributed by atoms with Crippen LogP contribution in [0.1, 0.15) is 11.6 Å². The Labute approximate surface area is 80.5 Å². The van der Waals surface area contributed by atoms with Crippen LogP contribution in [-0.4, -0.2) is 11.5 Å². The van der Waals surface area contributed by atoms with Crippen LogP contribution < -0.4 is 5.73 Å². The van der Waals surface area contributed by atoms with Gasteiger partial charge in [-0.25, -0.2) is 0 Å². The molecule has 0 unspecified atom stereocenters. The molecule has 0 amide bonds. The standard InChI is InChI=1S/C8H9ClN2O2/c9-7-4-2-1-3-6(7)8(10)5-11(12)13/h1-4,8H,5,10H2/t8-/m0/s1. The third kappa shape index (κ3) is 2.68. The monoisotopic (exact) mass is 200 g/mol. The Balaban J connectivity index is 2.82. The summed E-state index contributed by atoms with van der Waals surface area (Å²) in [7, 11) is 0. The average Bonchev–Trinajstić information content (AvgIpc) is 2.03. The fourth-order valence-electron chi connectivity index (χ4n) is 1.03. The number of benzene rings is 1. The van der Waals surface area contributed by atoms with Crippen molar-refractivity contribution >= 4 is 11.6 Å². The van der Waals surface area contributed by atoms with E-state index in [1.807, 2.05) is 0 Å². The molecule has 1 aromatic rings. The summed E-state index contributed by atoms with van der Waals surface area (Å²) in [5.74, 6) is 0. The second-order valence-corrected chi connectivity index (χ2v) is 3.05. The van der Waals surface area contributed by atoms with E-state index in [9.17, 15) is 10.1 Å². The van der Waals surface area contributed by atoms with E-state index < -0.39 is 11.0 Å². The van der Waals surface area contributed by atoms with Gasteiger partial charge in [0.2, 0.25) is 6.54 Å². The van der Waals surface area contributed by atoms with Crippen molar-refractivity contribution in [3.05, 3.63) is 45.0 Å². The lowest BCUT2D eigenvalue weighted by molar-refractivity contribution is -0.483. The van der Waals surface area contributed by atoms with Crippen LogP contribution in [-0.2, 0) is 0 Å². The molecule has 0 saturated heterocycles. The van der Waals surface area contributed by atoms with Crippen LogP contribution in [0.5, 0.6) is 0 Å². The Morgan fingerprint density at radius 2 is 2.15 bits per heavy atom. The molecular weight excluding hydrogens is 192 g/mol.